The average Bonchev–Trinajstić information content (AvgIpc) is 3.57. The van der Waals surface area contributed by atoms with E-state index in [-0.39, 0.29) is 0 Å². The van der Waals surface area contributed by atoms with Gasteiger partial charge in [-0.15, -0.1) is 0 Å². The van der Waals surface area contributed by atoms with E-state index in [2.05, 4.69) is 182 Å². The second kappa shape index (κ2) is 12.9. The van der Waals surface area contributed by atoms with E-state index < -0.39 is 5.41 Å². The molecule has 0 N–H and O–H groups in total. The molecule has 0 atom stereocenters. The molecule has 0 saturated carbocycles. The van der Waals surface area contributed by atoms with Crippen molar-refractivity contribution < 1.29 is 4.74 Å². The molecule has 0 amide bonds. The second-order valence-corrected chi connectivity index (χ2v) is 14.4. The molecule has 0 bridgehead atoms. The third-order valence-electron chi connectivity index (χ3n) is 11.4. The second-order valence-electron chi connectivity index (χ2n) is 14.4. The Morgan fingerprint density at radius 1 is 0.321 bits per heavy atom. The molecule has 56 heavy (non-hydrogen) atoms. The lowest BCUT2D eigenvalue weighted by atomic mass is 9.65. The van der Waals surface area contributed by atoms with Gasteiger partial charge in [0.25, 0.3) is 0 Å². The topological polar surface area (TPSA) is 35.0 Å². The number of ether oxygens (including phenoxy) is 1. The molecule has 9 aromatic rings. The summed E-state index contributed by atoms with van der Waals surface area (Å²) in [6, 6.07) is 72.9. The van der Waals surface area contributed by atoms with Gasteiger partial charge in [-0.1, -0.05) is 194 Å². The van der Waals surface area contributed by atoms with Gasteiger partial charge < -0.3 is 4.74 Å². The fraction of sp³-hybridized carbons (Fsp3) is 0.0189. The third kappa shape index (κ3) is 4.91. The van der Waals surface area contributed by atoms with E-state index in [0.717, 1.165) is 67.4 Å². The van der Waals surface area contributed by atoms with E-state index in [9.17, 15) is 0 Å². The van der Waals surface area contributed by atoms with Crippen LogP contribution in [0.25, 0.3) is 67.3 Å². The van der Waals surface area contributed by atoms with Gasteiger partial charge in [-0.3, -0.25) is 0 Å². The van der Waals surface area contributed by atoms with Crippen LogP contribution in [-0.2, 0) is 5.41 Å². The highest BCUT2D eigenvalue weighted by atomic mass is 16.5. The molecule has 8 aromatic carbocycles. The van der Waals surface area contributed by atoms with E-state index >= 15 is 0 Å². The van der Waals surface area contributed by atoms with E-state index in [1.807, 2.05) is 24.3 Å². The molecule has 2 heterocycles. The first kappa shape index (κ1) is 32.1. The molecule has 1 aliphatic heterocycles. The Labute approximate surface area is 326 Å². The normalized spacial score (nSPS) is 12.9. The van der Waals surface area contributed by atoms with Crippen molar-refractivity contribution in [2.24, 2.45) is 0 Å². The number of nitrogens with zero attached hydrogens (tertiary/aromatic N) is 2. The van der Waals surface area contributed by atoms with E-state index in [1.165, 1.54) is 27.8 Å². The van der Waals surface area contributed by atoms with Gasteiger partial charge in [0.05, 0.1) is 16.8 Å². The molecule has 3 nitrogen and oxygen atoms in total. The molecular weight excluding hydrogens is 681 g/mol. The summed E-state index contributed by atoms with van der Waals surface area (Å²) in [5.74, 6) is 2.46. The maximum Gasteiger partial charge on any atom is 0.160 e. The molecule has 1 aromatic heterocycles. The zero-order valence-corrected chi connectivity index (χ0v) is 30.4. The number of para-hydroxylation sites is 2. The van der Waals surface area contributed by atoms with Crippen LogP contribution in [0.2, 0.25) is 0 Å². The minimum Gasteiger partial charge on any atom is -0.456 e. The average molecular weight is 715 g/mol. The fourth-order valence-corrected chi connectivity index (χ4v) is 8.95. The van der Waals surface area contributed by atoms with Crippen LogP contribution >= 0.6 is 0 Å². The lowest BCUT2D eigenvalue weighted by Gasteiger charge is -2.40. The zero-order chi connectivity index (χ0) is 37.1. The molecule has 0 fully saturated rings. The quantitative estimate of drug-likeness (QED) is 0.178. The Balaban J connectivity index is 1.06. The van der Waals surface area contributed by atoms with Crippen molar-refractivity contribution in [3.05, 3.63) is 229 Å². The van der Waals surface area contributed by atoms with Crippen molar-refractivity contribution in [2.75, 3.05) is 0 Å². The Kier molecular flexibility index (Phi) is 7.39. The lowest BCUT2D eigenvalue weighted by Crippen LogP contribution is -2.32. The number of hydrogen-bond acceptors (Lipinski definition) is 3. The van der Waals surface area contributed by atoms with Crippen molar-refractivity contribution >= 4 is 0 Å². The van der Waals surface area contributed by atoms with Crippen LogP contribution < -0.4 is 4.74 Å². The van der Waals surface area contributed by atoms with Gasteiger partial charge in [-0.25, -0.2) is 9.97 Å². The summed E-state index contributed by atoms with van der Waals surface area (Å²) >= 11 is 0. The number of fused-ring (bicyclic) bond motifs is 9. The molecule has 0 saturated heterocycles. The van der Waals surface area contributed by atoms with Gasteiger partial charge in [0, 0.05) is 33.4 Å². The van der Waals surface area contributed by atoms with Crippen LogP contribution in [0.15, 0.2) is 206 Å². The Morgan fingerprint density at radius 3 is 1.50 bits per heavy atom. The minimum atomic E-state index is -0.505. The summed E-state index contributed by atoms with van der Waals surface area (Å²) in [7, 11) is 0. The predicted octanol–water partition coefficient (Wildman–Crippen LogP) is 13.3. The number of rotatable bonds is 5. The maximum atomic E-state index is 6.95. The largest absolute Gasteiger partial charge is 0.456 e. The fourth-order valence-electron chi connectivity index (χ4n) is 8.95. The lowest BCUT2D eigenvalue weighted by molar-refractivity contribution is 0.438. The maximum absolute atomic E-state index is 6.95. The van der Waals surface area contributed by atoms with Crippen LogP contribution in [0.5, 0.6) is 11.5 Å². The summed E-state index contributed by atoms with van der Waals surface area (Å²) in [4.78, 5) is 10.3. The first-order valence-electron chi connectivity index (χ1n) is 19.1. The Hall–Kier alpha value is -7.36. The van der Waals surface area contributed by atoms with Crippen LogP contribution in [-0.4, -0.2) is 9.97 Å². The molecule has 2 aliphatic rings. The van der Waals surface area contributed by atoms with Crippen LogP contribution in [0.1, 0.15) is 22.3 Å². The molecule has 1 aliphatic carbocycles. The summed E-state index contributed by atoms with van der Waals surface area (Å²) in [5, 5.41) is 0. The van der Waals surface area contributed by atoms with Crippen LogP contribution in [0.3, 0.4) is 0 Å². The number of aromatic nitrogens is 2. The van der Waals surface area contributed by atoms with Crippen molar-refractivity contribution in [1.29, 1.82) is 0 Å². The molecule has 0 unspecified atom stereocenters. The highest BCUT2D eigenvalue weighted by Crippen LogP contribution is 2.63. The SMILES string of the molecule is c1ccc(-c2nc(-c3ccc(-c4cccc5c4Oc4ccccc4C54c5ccccc5-c5ccccc54)cc3)cc(-c3ccccc3-c3ccccc3)n2)cc1. The molecule has 1 spiro atoms. The summed E-state index contributed by atoms with van der Waals surface area (Å²) < 4.78 is 6.95. The summed E-state index contributed by atoms with van der Waals surface area (Å²) in [6.07, 6.45) is 0. The highest BCUT2D eigenvalue weighted by molar-refractivity contribution is 5.91. The van der Waals surface area contributed by atoms with Crippen molar-refractivity contribution in [3.8, 4) is 78.8 Å². The van der Waals surface area contributed by atoms with Gasteiger partial charge in [0.15, 0.2) is 5.82 Å². The van der Waals surface area contributed by atoms with E-state index in [1.54, 1.807) is 0 Å². The monoisotopic (exact) mass is 714 g/mol. The first-order chi connectivity index (χ1) is 27.8. The molecule has 0 radical (unpaired) electrons. The van der Waals surface area contributed by atoms with Gasteiger partial charge in [0.2, 0.25) is 0 Å². The van der Waals surface area contributed by atoms with Gasteiger partial charge in [-0.05, 0) is 51.1 Å². The zero-order valence-electron chi connectivity index (χ0n) is 30.4. The van der Waals surface area contributed by atoms with Crippen molar-refractivity contribution in [1.82, 2.24) is 9.97 Å². The number of hydrogen-bond donors (Lipinski definition) is 0. The van der Waals surface area contributed by atoms with Crippen LogP contribution in [0, 0.1) is 0 Å². The first-order valence-corrected chi connectivity index (χ1v) is 19.1. The summed E-state index contributed by atoms with van der Waals surface area (Å²) in [5.41, 5.74) is 16.1. The summed E-state index contributed by atoms with van der Waals surface area (Å²) in [6.45, 7) is 0. The Bertz CT molecular complexity index is 2890. The molecule has 262 valence electrons. The minimum absolute atomic E-state index is 0.505. The van der Waals surface area contributed by atoms with E-state index in [0.29, 0.717) is 5.82 Å². The van der Waals surface area contributed by atoms with E-state index in [4.69, 9.17) is 14.7 Å². The van der Waals surface area contributed by atoms with Crippen LogP contribution in [0.4, 0.5) is 0 Å². The molecule has 11 rings (SSSR count). The van der Waals surface area contributed by atoms with Gasteiger partial charge in [-0.2, -0.15) is 0 Å². The standard InChI is InChI=1S/C53H34N2O/c1-3-16-35(17-4-1)39-20-7-8-23-43(39)49-34-48(54-52(55-49)38-18-5-2-6-19-38)37-32-30-36(31-33-37)40-24-15-28-47-51(40)56-50-29-14-13-27-46(50)53(47)44-25-11-9-21-41(44)42-22-10-12-26-45(42)53/h1-34H. The molecular formula is C53H34N2O. The predicted molar refractivity (Wildman–Crippen MR) is 227 cm³/mol. The third-order valence-corrected chi connectivity index (χ3v) is 11.4. The van der Waals surface area contributed by atoms with Gasteiger partial charge in [0.1, 0.15) is 11.5 Å². The highest BCUT2D eigenvalue weighted by Gasteiger charge is 2.51. The van der Waals surface area contributed by atoms with Gasteiger partial charge >= 0.3 is 0 Å². The smallest absolute Gasteiger partial charge is 0.160 e. The van der Waals surface area contributed by atoms with Crippen molar-refractivity contribution in [2.45, 2.75) is 5.41 Å². The molecule has 3 heteroatoms. The van der Waals surface area contributed by atoms with Crippen molar-refractivity contribution in [3.63, 3.8) is 0 Å². The Morgan fingerprint density at radius 2 is 0.804 bits per heavy atom. The number of benzene rings is 8.